The minimum absolute atomic E-state index is 0.109. The molecular weight excluding hydrogens is 346 g/mol. The Morgan fingerprint density at radius 1 is 1.48 bits per heavy atom. The van der Waals surface area contributed by atoms with Crippen LogP contribution in [0.2, 0.25) is 0 Å². The van der Waals surface area contributed by atoms with E-state index in [1.54, 1.807) is 13.8 Å². The van der Waals surface area contributed by atoms with Crippen LogP contribution in [0, 0.1) is 11.6 Å². The number of likely N-dealkylation sites (tertiary alicyclic amines) is 1. The molecule has 0 unspecified atom stereocenters. The number of halogens is 3. The summed E-state index contributed by atoms with van der Waals surface area (Å²) in [5.74, 6) is -1.58. The summed E-state index contributed by atoms with van der Waals surface area (Å²) in [5, 5.41) is 12.5. The van der Waals surface area contributed by atoms with Gasteiger partial charge in [-0.05, 0) is 48.7 Å². The second-order valence-corrected chi connectivity index (χ2v) is 6.53. The fraction of sp³-hybridized carbons (Fsp3) is 0.500. The Labute approximate surface area is 130 Å². The summed E-state index contributed by atoms with van der Waals surface area (Å²) >= 11 is 3.03. The normalized spacial score (nSPS) is 19.0. The van der Waals surface area contributed by atoms with E-state index in [4.69, 9.17) is 0 Å². The van der Waals surface area contributed by atoms with Gasteiger partial charge in [-0.1, -0.05) is 0 Å². The van der Waals surface area contributed by atoms with E-state index in [0.29, 0.717) is 19.0 Å². The molecule has 0 saturated carbocycles. The lowest BCUT2D eigenvalue weighted by atomic mass is 9.97. The van der Waals surface area contributed by atoms with Crippen LogP contribution in [0.3, 0.4) is 0 Å². The molecule has 7 heteroatoms. The summed E-state index contributed by atoms with van der Waals surface area (Å²) in [6.45, 7) is 3.76. The number of nitrogens with zero attached hydrogens (tertiary/aromatic N) is 1. The first-order valence-corrected chi connectivity index (χ1v) is 7.44. The van der Waals surface area contributed by atoms with Crippen molar-refractivity contribution in [3.63, 3.8) is 0 Å². The van der Waals surface area contributed by atoms with Gasteiger partial charge >= 0.3 is 6.03 Å². The maximum absolute atomic E-state index is 13.7. The van der Waals surface area contributed by atoms with Crippen molar-refractivity contribution in [3.8, 4) is 0 Å². The minimum Gasteiger partial charge on any atom is -0.388 e. The van der Waals surface area contributed by atoms with E-state index in [0.717, 1.165) is 12.5 Å². The highest BCUT2D eigenvalue weighted by Crippen LogP contribution is 2.30. The van der Waals surface area contributed by atoms with Crippen molar-refractivity contribution in [1.82, 2.24) is 4.90 Å². The second kappa shape index (κ2) is 5.88. The number of benzene rings is 1. The number of carbonyl (C=O) groups is 1. The Morgan fingerprint density at radius 3 is 2.71 bits per heavy atom. The van der Waals surface area contributed by atoms with Gasteiger partial charge in [-0.15, -0.1) is 0 Å². The van der Waals surface area contributed by atoms with Crippen molar-refractivity contribution in [2.24, 2.45) is 0 Å². The number of nitrogens with one attached hydrogen (secondary N) is 1. The molecule has 2 N–H and O–H groups in total. The van der Waals surface area contributed by atoms with E-state index in [-0.39, 0.29) is 16.2 Å². The molecule has 0 aliphatic carbocycles. The van der Waals surface area contributed by atoms with Gasteiger partial charge < -0.3 is 15.3 Å². The van der Waals surface area contributed by atoms with Gasteiger partial charge in [-0.2, -0.15) is 0 Å². The van der Waals surface area contributed by atoms with E-state index in [2.05, 4.69) is 21.2 Å². The third-order valence-corrected chi connectivity index (χ3v) is 4.19. The molecule has 116 valence electrons. The van der Waals surface area contributed by atoms with Gasteiger partial charge in [0.1, 0.15) is 5.82 Å². The molecule has 0 spiro atoms. The molecule has 1 heterocycles. The molecule has 1 saturated heterocycles. The maximum Gasteiger partial charge on any atom is 0.322 e. The summed E-state index contributed by atoms with van der Waals surface area (Å²) in [7, 11) is 0. The Kier molecular flexibility index (Phi) is 4.53. The Hall–Kier alpha value is -1.21. The van der Waals surface area contributed by atoms with Gasteiger partial charge in [0, 0.05) is 17.1 Å². The highest BCUT2D eigenvalue weighted by Gasteiger charge is 2.38. The number of hydrogen-bond donors (Lipinski definition) is 2. The summed E-state index contributed by atoms with van der Waals surface area (Å²) in [6.07, 6.45) is 1.46. The fourth-order valence-electron chi connectivity index (χ4n) is 2.58. The highest BCUT2D eigenvalue weighted by molar-refractivity contribution is 9.10. The topological polar surface area (TPSA) is 52.6 Å². The van der Waals surface area contributed by atoms with Crippen molar-refractivity contribution in [2.45, 2.75) is 38.3 Å². The molecule has 0 bridgehead atoms. The van der Waals surface area contributed by atoms with E-state index < -0.39 is 23.3 Å². The Balaban J connectivity index is 2.19. The van der Waals surface area contributed by atoms with Crippen molar-refractivity contribution in [3.05, 3.63) is 28.2 Å². The zero-order chi connectivity index (χ0) is 15.8. The maximum atomic E-state index is 13.7. The molecule has 0 radical (unpaired) electrons. The average Bonchev–Trinajstić information content (AvgIpc) is 2.82. The molecule has 0 aromatic heterocycles. The lowest BCUT2D eigenvalue weighted by molar-refractivity contribution is 0.0117. The molecule has 1 aromatic carbocycles. The van der Waals surface area contributed by atoms with E-state index in [1.807, 2.05) is 0 Å². The molecular formula is C14H17BrF2N2O2. The van der Waals surface area contributed by atoms with Gasteiger partial charge in [-0.25, -0.2) is 13.6 Å². The van der Waals surface area contributed by atoms with Crippen LogP contribution in [-0.4, -0.2) is 34.2 Å². The summed E-state index contributed by atoms with van der Waals surface area (Å²) < 4.78 is 26.9. The van der Waals surface area contributed by atoms with Gasteiger partial charge in [0.2, 0.25) is 0 Å². The highest BCUT2D eigenvalue weighted by atomic mass is 79.9. The third kappa shape index (κ3) is 3.52. The molecule has 1 fully saturated rings. The summed E-state index contributed by atoms with van der Waals surface area (Å²) in [6, 6.07) is 0.944. The van der Waals surface area contributed by atoms with Crippen molar-refractivity contribution in [2.75, 3.05) is 11.9 Å². The van der Waals surface area contributed by atoms with Crippen molar-refractivity contribution < 1.29 is 18.7 Å². The number of aliphatic hydroxyl groups is 1. The van der Waals surface area contributed by atoms with Gasteiger partial charge in [0.05, 0.1) is 17.3 Å². The number of amides is 2. The molecule has 4 nitrogen and oxygen atoms in total. The van der Waals surface area contributed by atoms with Crippen LogP contribution in [0.5, 0.6) is 0 Å². The fourth-order valence-corrected chi connectivity index (χ4v) is 3.09. The largest absolute Gasteiger partial charge is 0.388 e. The van der Waals surface area contributed by atoms with Crippen molar-refractivity contribution in [1.29, 1.82) is 0 Å². The van der Waals surface area contributed by atoms with Gasteiger partial charge in [0.25, 0.3) is 0 Å². The SMILES string of the molecule is CC(C)(O)[C@@H]1CCCN1C(=O)Nc1c(F)cc(F)cc1Br. The number of carbonyl (C=O) groups excluding carboxylic acids is 1. The molecule has 1 aliphatic rings. The van der Waals surface area contributed by atoms with E-state index >= 15 is 0 Å². The first-order valence-electron chi connectivity index (χ1n) is 6.64. The van der Waals surface area contributed by atoms with Crippen LogP contribution in [0.1, 0.15) is 26.7 Å². The first kappa shape index (κ1) is 16.2. The zero-order valence-corrected chi connectivity index (χ0v) is 13.4. The van der Waals surface area contributed by atoms with Crippen LogP contribution in [0.25, 0.3) is 0 Å². The molecule has 2 rings (SSSR count). The predicted molar refractivity (Wildman–Crippen MR) is 79.1 cm³/mol. The third-order valence-electron chi connectivity index (χ3n) is 3.57. The Morgan fingerprint density at radius 2 is 2.14 bits per heavy atom. The van der Waals surface area contributed by atoms with E-state index in [1.165, 1.54) is 4.90 Å². The summed E-state index contributed by atoms with van der Waals surface area (Å²) in [4.78, 5) is 13.8. The molecule has 1 aliphatic heterocycles. The standard InChI is InChI=1S/C14H17BrF2N2O2/c1-14(2,21)11-4-3-5-19(11)13(20)18-12-9(15)6-8(16)7-10(12)17/h6-7,11,21H,3-5H2,1-2H3,(H,18,20)/t11-/m0/s1. The van der Waals surface area contributed by atoms with Gasteiger partial charge in [0.15, 0.2) is 5.82 Å². The molecule has 1 aromatic rings. The van der Waals surface area contributed by atoms with Crippen LogP contribution in [-0.2, 0) is 0 Å². The molecule has 1 atom stereocenters. The number of hydrogen-bond acceptors (Lipinski definition) is 2. The monoisotopic (exact) mass is 362 g/mol. The Bertz CT molecular complexity index is 537. The van der Waals surface area contributed by atoms with Crippen LogP contribution in [0.15, 0.2) is 16.6 Å². The molecule has 2 amide bonds. The van der Waals surface area contributed by atoms with E-state index in [9.17, 15) is 18.7 Å². The van der Waals surface area contributed by atoms with Crippen LogP contribution >= 0.6 is 15.9 Å². The number of rotatable bonds is 2. The lowest BCUT2D eigenvalue weighted by Crippen LogP contribution is -2.49. The molecule has 21 heavy (non-hydrogen) atoms. The number of urea groups is 1. The zero-order valence-electron chi connectivity index (χ0n) is 11.8. The first-order chi connectivity index (χ1) is 9.70. The smallest absolute Gasteiger partial charge is 0.322 e. The van der Waals surface area contributed by atoms with Crippen LogP contribution in [0.4, 0.5) is 19.3 Å². The van der Waals surface area contributed by atoms with Gasteiger partial charge in [-0.3, -0.25) is 0 Å². The quantitative estimate of drug-likeness (QED) is 0.845. The summed E-state index contributed by atoms with van der Waals surface area (Å²) in [5.41, 5.74) is -1.14. The van der Waals surface area contributed by atoms with Crippen molar-refractivity contribution >= 4 is 27.6 Å². The average molecular weight is 363 g/mol. The minimum atomic E-state index is -1.04. The number of anilines is 1. The lowest BCUT2D eigenvalue weighted by Gasteiger charge is -2.33. The predicted octanol–water partition coefficient (Wildman–Crippen LogP) is 3.49. The second-order valence-electron chi connectivity index (χ2n) is 5.68. The van der Waals surface area contributed by atoms with Crippen LogP contribution < -0.4 is 5.32 Å².